The number of anilines is 1. The summed E-state index contributed by atoms with van der Waals surface area (Å²) < 4.78 is 28.1. The second kappa shape index (κ2) is 9.78. The van der Waals surface area contributed by atoms with Crippen LogP contribution in [0.15, 0.2) is 60.7 Å². The third-order valence-corrected chi connectivity index (χ3v) is 6.38. The Kier molecular flexibility index (Phi) is 6.78. The molecule has 4 rings (SSSR count). The van der Waals surface area contributed by atoms with Crippen molar-refractivity contribution < 1.29 is 28.5 Å². The molecule has 184 valence electrons. The van der Waals surface area contributed by atoms with Crippen molar-refractivity contribution in [3.05, 3.63) is 71.8 Å². The van der Waals surface area contributed by atoms with E-state index in [4.69, 9.17) is 23.7 Å². The Morgan fingerprint density at radius 2 is 1.40 bits per heavy atom. The molecule has 0 radical (unpaired) electrons. The van der Waals surface area contributed by atoms with Crippen LogP contribution in [-0.2, 0) is 11.4 Å². The van der Waals surface area contributed by atoms with Gasteiger partial charge in [0.2, 0.25) is 11.7 Å². The van der Waals surface area contributed by atoms with E-state index in [1.165, 1.54) is 0 Å². The highest BCUT2D eigenvalue weighted by Crippen LogP contribution is 2.54. The normalized spacial score (nSPS) is 16.3. The van der Waals surface area contributed by atoms with E-state index in [2.05, 4.69) is 0 Å². The van der Waals surface area contributed by atoms with Crippen LogP contribution in [-0.4, -0.2) is 34.3 Å². The smallest absolute Gasteiger partial charge is 0.235 e. The van der Waals surface area contributed by atoms with E-state index < -0.39 is 5.41 Å². The van der Waals surface area contributed by atoms with Gasteiger partial charge in [-0.1, -0.05) is 36.4 Å². The average molecular weight is 478 g/mol. The first-order chi connectivity index (χ1) is 16.8. The van der Waals surface area contributed by atoms with Gasteiger partial charge in [-0.15, -0.1) is 0 Å². The van der Waals surface area contributed by atoms with Gasteiger partial charge in [0.1, 0.15) is 6.61 Å². The molecule has 1 atom stereocenters. The molecule has 1 fully saturated rings. The molecule has 0 aromatic heterocycles. The number of carbonyl (C=O) groups is 1. The van der Waals surface area contributed by atoms with E-state index >= 15 is 0 Å². The van der Waals surface area contributed by atoms with Crippen LogP contribution in [0.5, 0.6) is 28.7 Å². The van der Waals surface area contributed by atoms with Crippen molar-refractivity contribution in [1.82, 2.24) is 0 Å². The van der Waals surface area contributed by atoms with Crippen LogP contribution in [0, 0.1) is 5.41 Å². The summed E-state index contributed by atoms with van der Waals surface area (Å²) >= 11 is 0. The number of hydrogen-bond acceptors (Lipinski definition) is 6. The third-order valence-electron chi connectivity index (χ3n) is 6.38. The molecule has 0 spiro atoms. The van der Waals surface area contributed by atoms with E-state index in [1.807, 2.05) is 62.4 Å². The first-order valence-electron chi connectivity index (χ1n) is 11.3. The summed E-state index contributed by atoms with van der Waals surface area (Å²) in [5, 5.41) is 0. The van der Waals surface area contributed by atoms with Gasteiger partial charge in [0, 0.05) is 12.1 Å². The monoisotopic (exact) mass is 477 g/mol. The maximum atomic E-state index is 13.3. The molecular weight excluding hydrogens is 446 g/mol. The lowest BCUT2D eigenvalue weighted by Crippen LogP contribution is -2.61. The van der Waals surface area contributed by atoms with Gasteiger partial charge < -0.3 is 28.6 Å². The summed E-state index contributed by atoms with van der Waals surface area (Å²) in [6.07, 6.45) is 0. The molecule has 0 unspecified atom stereocenters. The number of ether oxygens (including phenoxy) is 5. The number of hydrogen-bond donors (Lipinski definition) is 0. The average Bonchev–Trinajstić information content (AvgIpc) is 2.89. The van der Waals surface area contributed by atoms with E-state index in [-0.39, 0.29) is 11.9 Å². The van der Waals surface area contributed by atoms with Crippen LogP contribution < -0.4 is 28.6 Å². The summed E-state index contributed by atoms with van der Waals surface area (Å²) in [4.78, 5) is 15.1. The van der Waals surface area contributed by atoms with Crippen molar-refractivity contribution in [1.29, 1.82) is 0 Å². The Balaban J connectivity index is 1.72. The summed E-state index contributed by atoms with van der Waals surface area (Å²) in [6.45, 7) is 4.30. The van der Waals surface area contributed by atoms with Gasteiger partial charge in [0.15, 0.2) is 23.0 Å². The van der Waals surface area contributed by atoms with Crippen molar-refractivity contribution >= 4 is 11.6 Å². The Hall–Kier alpha value is -3.87. The van der Waals surface area contributed by atoms with Gasteiger partial charge in [-0.25, -0.2) is 0 Å². The molecule has 1 saturated heterocycles. The number of carbonyl (C=O) groups excluding carboxylic acids is 1. The maximum absolute atomic E-state index is 13.3. The van der Waals surface area contributed by atoms with Crippen LogP contribution in [0.3, 0.4) is 0 Å². The van der Waals surface area contributed by atoms with Gasteiger partial charge in [0.05, 0.1) is 45.6 Å². The van der Waals surface area contributed by atoms with Gasteiger partial charge in [-0.05, 0) is 37.1 Å². The largest absolute Gasteiger partial charge is 0.493 e. The van der Waals surface area contributed by atoms with Crippen LogP contribution in [0.4, 0.5) is 5.69 Å². The van der Waals surface area contributed by atoms with Gasteiger partial charge in [-0.2, -0.15) is 0 Å². The molecule has 0 saturated carbocycles. The van der Waals surface area contributed by atoms with Crippen LogP contribution in [0.1, 0.15) is 31.0 Å². The SMILES string of the molecule is COc1ccc([C@@H]2N(c3cc(OC)c(OC)c(OC)c3)C(=O)C2(C)C)cc1OCc1ccccc1. The molecule has 0 N–H and O–H groups in total. The first kappa shape index (κ1) is 24.3. The predicted octanol–water partition coefficient (Wildman–Crippen LogP) is 5.41. The summed E-state index contributed by atoms with van der Waals surface area (Å²) in [7, 11) is 6.28. The fourth-order valence-corrected chi connectivity index (χ4v) is 4.55. The zero-order chi connectivity index (χ0) is 25.2. The number of nitrogens with zero attached hydrogens (tertiary/aromatic N) is 1. The molecule has 7 heteroatoms. The van der Waals surface area contributed by atoms with E-state index in [1.54, 1.807) is 45.5 Å². The summed E-state index contributed by atoms with van der Waals surface area (Å²) in [5.74, 6) is 2.70. The number of rotatable bonds is 9. The van der Waals surface area contributed by atoms with Crippen molar-refractivity contribution in [2.75, 3.05) is 33.3 Å². The van der Waals surface area contributed by atoms with Crippen molar-refractivity contribution in [3.63, 3.8) is 0 Å². The summed E-state index contributed by atoms with van der Waals surface area (Å²) in [5.41, 5.74) is 2.04. The maximum Gasteiger partial charge on any atom is 0.235 e. The van der Waals surface area contributed by atoms with Gasteiger partial charge in [-0.3, -0.25) is 4.79 Å². The fourth-order valence-electron chi connectivity index (χ4n) is 4.55. The zero-order valence-corrected chi connectivity index (χ0v) is 21.0. The van der Waals surface area contributed by atoms with E-state index in [0.717, 1.165) is 11.1 Å². The standard InChI is InChI=1S/C28H31NO6/c1-28(2)26(29(27(28)30)20-15-23(32-4)25(34-6)24(16-20)33-5)19-12-13-21(31-3)22(14-19)35-17-18-10-8-7-9-11-18/h7-16,26H,17H2,1-6H3/t26-/m0/s1. The highest BCUT2D eigenvalue weighted by molar-refractivity contribution is 6.06. The number of β-lactam (4-membered cyclic amide) rings is 1. The van der Waals surface area contributed by atoms with E-state index in [0.29, 0.717) is 41.0 Å². The Labute approximate surface area is 206 Å². The molecule has 0 aliphatic carbocycles. The van der Waals surface area contributed by atoms with Crippen LogP contribution in [0.25, 0.3) is 0 Å². The Morgan fingerprint density at radius 1 is 0.771 bits per heavy atom. The number of benzene rings is 3. The van der Waals surface area contributed by atoms with E-state index in [9.17, 15) is 4.79 Å². The lowest BCUT2D eigenvalue weighted by molar-refractivity contribution is -0.137. The molecule has 1 aliphatic heterocycles. The number of amides is 1. The third kappa shape index (κ3) is 4.34. The minimum absolute atomic E-state index is 0.000607. The Morgan fingerprint density at radius 3 is 1.97 bits per heavy atom. The molecule has 1 heterocycles. The minimum Gasteiger partial charge on any atom is -0.493 e. The molecule has 35 heavy (non-hydrogen) atoms. The molecule has 7 nitrogen and oxygen atoms in total. The molecular formula is C28H31NO6. The molecule has 1 amide bonds. The van der Waals surface area contributed by atoms with Gasteiger partial charge in [0.25, 0.3) is 0 Å². The number of methoxy groups -OCH3 is 4. The molecule has 3 aromatic rings. The van der Waals surface area contributed by atoms with Crippen LogP contribution >= 0.6 is 0 Å². The molecule has 1 aliphatic rings. The van der Waals surface area contributed by atoms with Crippen molar-refractivity contribution in [2.24, 2.45) is 5.41 Å². The lowest BCUT2D eigenvalue weighted by atomic mass is 9.70. The molecule has 0 bridgehead atoms. The lowest BCUT2D eigenvalue weighted by Gasteiger charge is -2.53. The Bertz CT molecular complexity index is 1180. The second-order valence-electron chi connectivity index (χ2n) is 8.87. The predicted molar refractivity (Wildman–Crippen MR) is 134 cm³/mol. The van der Waals surface area contributed by atoms with Gasteiger partial charge >= 0.3 is 0 Å². The van der Waals surface area contributed by atoms with Crippen LogP contribution in [0.2, 0.25) is 0 Å². The van der Waals surface area contributed by atoms with Crippen molar-refractivity contribution in [3.8, 4) is 28.7 Å². The van der Waals surface area contributed by atoms with Crippen molar-refractivity contribution in [2.45, 2.75) is 26.5 Å². The fraction of sp³-hybridized carbons (Fsp3) is 0.321. The zero-order valence-electron chi connectivity index (χ0n) is 21.0. The highest BCUT2D eigenvalue weighted by Gasteiger charge is 2.55. The second-order valence-corrected chi connectivity index (χ2v) is 8.87. The first-order valence-corrected chi connectivity index (χ1v) is 11.3. The molecule has 3 aromatic carbocycles. The summed E-state index contributed by atoms with van der Waals surface area (Å²) in [6, 6.07) is 19.1. The highest BCUT2D eigenvalue weighted by atomic mass is 16.5. The quantitative estimate of drug-likeness (QED) is 0.384. The minimum atomic E-state index is -0.619. The topological polar surface area (TPSA) is 66.5 Å².